The molecule has 1 heterocycles. The van der Waals surface area contributed by atoms with Gasteiger partial charge in [0, 0.05) is 29.2 Å². The van der Waals surface area contributed by atoms with Gasteiger partial charge in [-0.3, -0.25) is 9.59 Å². The summed E-state index contributed by atoms with van der Waals surface area (Å²) >= 11 is 1.49. The molecule has 0 saturated heterocycles. The molecule has 0 unspecified atom stereocenters. The Morgan fingerprint density at radius 2 is 2.07 bits per heavy atom. The molecule has 7 nitrogen and oxygen atoms in total. The minimum absolute atomic E-state index is 0.0633. The first kappa shape index (κ1) is 19.9. The molecule has 1 aliphatic heterocycles. The molecule has 9 heteroatoms. The van der Waals surface area contributed by atoms with E-state index in [4.69, 9.17) is 5.26 Å². The molecular formula is C19H17N3O4S2. The van der Waals surface area contributed by atoms with Crippen LogP contribution < -0.4 is 10.6 Å². The molecule has 0 spiro atoms. The van der Waals surface area contributed by atoms with Gasteiger partial charge >= 0.3 is 0 Å². The van der Waals surface area contributed by atoms with Gasteiger partial charge < -0.3 is 10.6 Å². The number of nitrogens with one attached hydrogen (secondary N) is 2. The van der Waals surface area contributed by atoms with E-state index in [1.165, 1.54) is 30.0 Å². The summed E-state index contributed by atoms with van der Waals surface area (Å²) < 4.78 is 25.2. The van der Waals surface area contributed by atoms with Crippen LogP contribution in [0.5, 0.6) is 0 Å². The van der Waals surface area contributed by atoms with Crippen LogP contribution >= 0.6 is 11.8 Å². The standard InChI is InChI=1S/C19H17N3O4S2/c20-12-13-2-1-3-14(10-13)21-19(24)7-9-28(25,26)15-4-5-17-16(11-15)22-18(23)6-8-27-17/h1-5,10-11H,6-9H2,(H,21,24)(H,22,23). The lowest BCUT2D eigenvalue weighted by Crippen LogP contribution is -2.18. The van der Waals surface area contributed by atoms with Crippen LogP contribution in [0.1, 0.15) is 18.4 Å². The molecule has 2 N–H and O–H groups in total. The van der Waals surface area contributed by atoms with Crippen LogP contribution in [0.3, 0.4) is 0 Å². The van der Waals surface area contributed by atoms with Gasteiger partial charge in [-0.15, -0.1) is 11.8 Å². The van der Waals surface area contributed by atoms with Crippen molar-refractivity contribution in [1.82, 2.24) is 0 Å². The number of rotatable bonds is 5. The lowest BCUT2D eigenvalue weighted by Gasteiger charge is -2.10. The molecule has 1 aliphatic rings. The van der Waals surface area contributed by atoms with Gasteiger partial charge in [0.1, 0.15) is 0 Å². The first-order valence-corrected chi connectivity index (χ1v) is 11.1. The Balaban J connectivity index is 1.67. The smallest absolute Gasteiger partial charge is 0.225 e. The number of sulfone groups is 1. The van der Waals surface area contributed by atoms with Gasteiger partial charge in [-0.25, -0.2) is 8.42 Å². The van der Waals surface area contributed by atoms with Gasteiger partial charge in [0.05, 0.1) is 28.0 Å². The van der Waals surface area contributed by atoms with E-state index in [1.807, 2.05) is 6.07 Å². The number of nitriles is 1. The summed E-state index contributed by atoms with van der Waals surface area (Å²) in [4.78, 5) is 24.7. The van der Waals surface area contributed by atoms with Gasteiger partial charge in [-0.1, -0.05) is 6.07 Å². The van der Waals surface area contributed by atoms with E-state index in [0.717, 1.165) is 4.90 Å². The van der Waals surface area contributed by atoms with Crippen molar-refractivity contribution >= 4 is 44.8 Å². The van der Waals surface area contributed by atoms with Gasteiger partial charge in [0.2, 0.25) is 11.8 Å². The van der Waals surface area contributed by atoms with Gasteiger partial charge in [0.25, 0.3) is 0 Å². The van der Waals surface area contributed by atoms with Crippen molar-refractivity contribution in [2.45, 2.75) is 22.6 Å². The number of anilines is 2. The third kappa shape index (κ3) is 4.91. The zero-order chi connectivity index (χ0) is 20.1. The average Bonchev–Trinajstić information content (AvgIpc) is 2.86. The second-order valence-corrected chi connectivity index (χ2v) is 9.36. The highest BCUT2D eigenvalue weighted by molar-refractivity contribution is 7.99. The second-order valence-electron chi connectivity index (χ2n) is 6.11. The number of fused-ring (bicyclic) bond motifs is 1. The minimum Gasteiger partial charge on any atom is -0.326 e. The predicted molar refractivity (Wildman–Crippen MR) is 107 cm³/mol. The second kappa shape index (κ2) is 8.46. The Kier molecular flexibility index (Phi) is 6.02. The average molecular weight is 415 g/mol. The molecule has 0 fully saturated rings. The summed E-state index contributed by atoms with van der Waals surface area (Å²) in [6.07, 6.45) is 0.145. The van der Waals surface area contributed by atoms with Crippen LogP contribution in [0.4, 0.5) is 11.4 Å². The lowest BCUT2D eigenvalue weighted by atomic mass is 10.2. The highest BCUT2D eigenvalue weighted by Gasteiger charge is 2.20. The van der Waals surface area contributed by atoms with Crippen LogP contribution in [0.2, 0.25) is 0 Å². The molecule has 0 aliphatic carbocycles. The number of hydrogen-bond acceptors (Lipinski definition) is 6. The van der Waals surface area contributed by atoms with Crippen molar-refractivity contribution in [3.8, 4) is 6.07 Å². The van der Waals surface area contributed by atoms with E-state index in [9.17, 15) is 18.0 Å². The van der Waals surface area contributed by atoms with Crippen LogP contribution in [-0.4, -0.2) is 31.7 Å². The Labute approximate surface area is 167 Å². The van der Waals surface area contributed by atoms with E-state index in [-0.39, 0.29) is 23.0 Å². The summed E-state index contributed by atoms with van der Waals surface area (Å²) in [5, 5.41) is 14.2. The van der Waals surface area contributed by atoms with Gasteiger partial charge in [-0.05, 0) is 36.4 Å². The van der Waals surface area contributed by atoms with Crippen LogP contribution in [0, 0.1) is 11.3 Å². The molecule has 0 aromatic heterocycles. The Morgan fingerprint density at radius 3 is 2.86 bits per heavy atom. The fourth-order valence-electron chi connectivity index (χ4n) is 2.63. The summed E-state index contributed by atoms with van der Waals surface area (Å²) in [6, 6.07) is 13.0. The van der Waals surface area contributed by atoms with Crippen molar-refractivity contribution < 1.29 is 18.0 Å². The third-order valence-electron chi connectivity index (χ3n) is 4.04. The molecule has 0 saturated carbocycles. The highest BCUT2D eigenvalue weighted by atomic mass is 32.2. The van der Waals surface area contributed by atoms with Crippen molar-refractivity contribution in [3.05, 3.63) is 48.0 Å². The fourth-order valence-corrected chi connectivity index (χ4v) is 4.83. The van der Waals surface area contributed by atoms with Crippen molar-refractivity contribution in [2.24, 2.45) is 0 Å². The largest absolute Gasteiger partial charge is 0.326 e. The Hall–Kier alpha value is -2.83. The van der Waals surface area contributed by atoms with Crippen LogP contribution in [0.15, 0.2) is 52.3 Å². The van der Waals surface area contributed by atoms with Crippen molar-refractivity contribution in [1.29, 1.82) is 5.26 Å². The summed E-state index contributed by atoms with van der Waals surface area (Å²) in [5.41, 5.74) is 1.31. The number of thioether (sulfide) groups is 1. The zero-order valence-electron chi connectivity index (χ0n) is 14.8. The summed E-state index contributed by atoms with van der Waals surface area (Å²) in [6.45, 7) is 0. The number of hydrogen-bond donors (Lipinski definition) is 2. The first-order chi connectivity index (χ1) is 13.4. The molecule has 144 valence electrons. The molecule has 2 aromatic carbocycles. The first-order valence-electron chi connectivity index (χ1n) is 8.47. The number of amides is 2. The molecule has 3 rings (SSSR count). The van der Waals surface area contributed by atoms with E-state index >= 15 is 0 Å². The maximum Gasteiger partial charge on any atom is 0.225 e. The molecule has 0 bridgehead atoms. The normalized spacial score (nSPS) is 13.6. The van der Waals surface area contributed by atoms with E-state index in [0.29, 0.717) is 29.1 Å². The molecule has 0 atom stereocenters. The van der Waals surface area contributed by atoms with Gasteiger partial charge in [0.15, 0.2) is 9.84 Å². The monoisotopic (exact) mass is 415 g/mol. The predicted octanol–water partition coefficient (Wildman–Crippen LogP) is 2.80. The van der Waals surface area contributed by atoms with Gasteiger partial charge in [-0.2, -0.15) is 5.26 Å². The summed E-state index contributed by atoms with van der Waals surface area (Å²) in [5.74, 6) is -0.341. The SMILES string of the molecule is N#Cc1cccc(NC(=O)CCS(=O)(=O)c2ccc3c(c2)NC(=O)CCS3)c1. The van der Waals surface area contributed by atoms with Crippen molar-refractivity contribution in [3.63, 3.8) is 0 Å². The molecular weight excluding hydrogens is 398 g/mol. The topological polar surface area (TPSA) is 116 Å². The Bertz CT molecular complexity index is 1070. The third-order valence-corrected chi connectivity index (χ3v) is 6.83. The number of nitrogens with zero attached hydrogens (tertiary/aromatic N) is 1. The number of carbonyl (C=O) groups excluding carboxylic acids is 2. The van der Waals surface area contributed by atoms with Crippen molar-refractivity contribution in [2.75, 3.05) is 22.1 Å². The highest BCUT2D eigenvalue weighted by Crippen LogP contribution is 2.32. The van der Waals surface area contributed by atoms with Crippen LogP contribution in [0.25, 0.3) is 0 Å². The number of benzene rings is 2. The lowest BCUT2D eigenvalue weighted by molar-refractivity contribution is -0.116. The maximum absolute atomic E-state index is 12.6. The fraction of sp³-hybridized carbons (Fsp3) is 0.211. The number of carbonyl (C=O) groups is 2. The molecule has 28 heavy (non-hydrogen) atoms. The Morgan fingerprint density at radius 1 is 1.25 bits per heavy atom. The minimum atomic E-state index is -3.70. The maximum atomic E-state index is 12.6. The zero-order valence-corrected chi connectivity index (χ0v) is 16.4. The molecule has 2 aromatic rings. The molecule has 0 radical (unpaired) electrons. The summed E-state index contributed by atoms with van der Waals surface area (Å²) in [7, 11) is -3.70. The van der Waals surface area contributed by atoms with Crippen LogP contribution in [-0.2, 0) is 19.4 Å². The van der Waals surface area contributed by atoms with E-state index < -0.39 is 15.7 Å². The molecule has 2 amide bonds. The van der Waals surface area contributed by atoms with E-state index in [2.05, 4.69) is 10.6 Å². The van der Waals surface area contributed by atoms with E-state index in [1.54, 1.807) is 24.3 Å². The quantitative estimate of drug-likeness (QED) is 0.776.